The molecule has 0 unspecified atom stereocenters. The van der Waals surface area contributed by atoms with Crippen LogP contribution in [0.2, 0.25) is 0 Å². The molecule has 0 spiro atoms. The van der Waals surface area contributed by atoms with Crippen LogP contribution < -0.4 is 10.2 Å². The SMILES string of the molecule is NCc1ccc2c([As])nccc2c1. The van der Waals surface area contributed by atoms with Gasteiger partial charge in [0, 0.05) is 0 Å². The van der Waals surface area contributed by atoms with Crippen molar-refractivity contribution >= 4 is 32.1 Å². The maximum atomic E-state index is 5.56. The van der Waals surface area contributed by atoms with Gasteiger partial charge < -0.3 is 0 Å². The van der Waals surface area contributed by atoms with Crippen LogP contribution in [0.25, 0.3) is 10.8 Å². The standard InChI is InChI=1S/C10H9AsN2/c11-10-9-2-1-7(6-12)5-8(9)3-4-13-10/h1-5H,6,12H2. The molecular weight excluding hydrogens is 223 g/mol. The van der Waals surface area contributed by atoms with Crippen LogP contribution in [0.15, 0.2) is 30.5 Å². The Bertz CT molecular complexity index is 440. The van der Waals surface area contributed by atoms with Crippen LogP contribution in [0.1, 0.15) is 5.56 Å². The van der Waals surface area contributed by atoms with Crippen LogP contribution in [0, 0.1) is 0 Å². The van der Waals surface area contributed by atoms with E-state index in [9.17, 15) is 0 Å². The zero-order valence-corrected chi connectivity index (χ0v) is 8.94. The first-order valence-electron chi connectivity index (χ1n) is 4.08. The fourth-order valence-corrected chi connectivity index (χ4v) is 1.91. The zero-order chi connectivity index (χ0) is 9.26. The van der Waals surface area contributed by atoms with Gasteiger partial charge in [0.1, 0.15) is 0 Å². The molecule has 2 aromatic rings. The van der Waals surface area contributed by atoms with Gasteiger partial charge >= 0.3 is 85.4 Å². The van der Waals surface area contributed by atoms with Gasteiger partial charge in [-0.2, -0.15) is 0 Å². The molecule has 2 N–H and O–H groups in total. The molecule has 1 heterocycles. The summed E-state index contributed by atoms with van der Waals surface area (Å²) in [6.07, 6.45) is 1.82. The number of hydrogen-bond acceptors (Lipinski definition) is 2. The second kappa shape index (κ2) is 3.49. The summed E-state index contributed by atoms with van der Waals surface area (Å²) < 4.78 is 1.01. The predicted octanol–water partition coefficient (Wildman–Crippen LogP) is 0.487. The first-order valence-corrected chi connectivity index (χ1v) is 5.02. The van der Waals surface area contributed by atoms with Crippen LogP contribution in [0.5, 0.6) is 0 Å². The molecule has 1 aromatic heterocycles. The van der Waals surface area contributed by atoms with Crippen molar-refractivity contribution in [1.82, 2.24) is 4.98 Å². The molecular formula is C10H9AsN2. The molecule has 0 atom stereocenters. The third-order valence-corrected chi connectivity index (χ3v) is 2.79. The number of benzene rings is 1. The number of nitrogens with two attached hydrogens (primary N) is 1. The van der Waals surface area contributed by atoms with Crippen LogP contribution >= 0.6 is 0 Å². The van der Waals surface area contributed by atoms with Crippen molar-refractivity contribution in [2.75, 3.05) is 0 Å². The summed E-state index contributed by atoms with van der Waals surface area (Å²) in [4.78, 5) is 4.20. The van der Waals surface area contributed by atoms with Gasteiger partial charge in [-0.25, -0.2) is 0 Å². The zero-order valence-electron chi connectivity index (χ0n) is 7.07. The van der Waals surface area contributed by atoms with Crippen molar-refractivity contribution in [3.8, 4) is 0 Å². The Morgan fingerprint density at radius 1 is 1.31 bits per heavy atom. The minimum atomic E-state index is 0.589. The van der Waals surface area contributed by atoms with Gasteiger partial charge in [-0.15, -0.1) is 0 Å². The summed E-state index contributed by atoms with van der Waals surface area (Å²) in [7, 11) is 0. The molecule has 0 bridgehead atoms. The molecule has 0 aliphatic carbocycles. The van der Waals surface area contributed by atoms with E-state index in [0.717, 1.165) is 10.0 Å². The number of nitrogens with zero attached hydrogens (tertiary/aromatic N) is 1. The van der Waals surface area contributed by atoms with E-state index in [1.165, 1.54) is 10.8 Å². The third kappa shape index (κ3) is 1.60. The molecule has 0 aliphatic heterocycles. The summed E-state index contributed by atoms with van der Waals surface area (Å²) in [5.41, 5.74) is 6.72. The Labute approximate surface area is 85.7 Å². The second-order valence-corrected chi connectivity index (χ2v) is 3.78. The van der Waals surface area contributed by atoms with Crippen molar-refractivity contribution in [3.05, 3.63) is 36.0 Å². The average Bonchev–Trinajstić information content (AvgIpc) is 2.18. The quantitative estimate of drug-likeness (QED) is 0.726. The Morgan fingerprint density at radius 2 is 2.15 bits per heavy atom. The van der Waals surface area contributed by atoms with Gasteiger partial charge in [0.05, 0.1) is 0 Å². The van der Waals surface area contributed by atoms with E-state index >= 15 is 0 Å². The topological polar surface area (TPSA) is 38.9 Å². The van der Waals surface area contributed by atoms with E-state index in [2.05, 4.69) is 34.0 Å². The Hall–Kier alpha value is -0.852. The van der Waals surface area contributed by atoms with Gasteiger partial charge in [0.15, 0.2) is 0 Å². The van der Waals surface area contributed by atoms with E-state index < -0.39 is 0 Å². The van der Waals surface area contributed by atoms with Crippen LogP contribution in [-0.4, -0.2) is 21.8 Å². The van der Waals surface area contributed by atoms with Crippen molar-refractivity contribution in [2.45, 2.75) is 6.54 Å². The van der Waals surface area contributed by atoms with E-state index in [1.807, 2.05) is 18.3 Å². The molecule has 2 rings (SSSR count). The number of rotatable bonds is 1. The van der Waals surface area contributed by atoms with Crippen molar-refractivity contribution < 1.29 is 0 Å². The molecule has 0 fully saturated rings. The molecule has 3 heteroatoms. The summed E-state index contributed by atoms with van der Waals surface area (Å²) >= 11 is 2.48. The van der Waals surface area contributed by atoms with Crippen molar-refractivity contribution in [2.24, 2.45) is 5.73 Å². The summed E-state index contributed by atoms with van der Waals surface area (Å²) in [5, 5.41) is 2.38. The van der Waals surface area contributed by atoms with Crippen LogP contribution in [0.4, 0.5) is 0 Å². The van der Waals surface area contributed by atoms with Crippen molar-refractivity contribution in [3.63, 3.8) is 0 Å². The molecule has 1 aromatic carbocycles. The Balaban J connectivity index is 2.72. The predicted molar refractivity (Wildman–Crippen MR) is 55.0 cm³/mol. The molecule has 0 saturated carbocycles. The van der Waals surface area contributed by atoms with Gasteiger partial charge in [-0.1, -0.05) is 0 Å². The number of aromatic nitrogens is 1. The number of hydrogen-bond donors (Lipinski definition) is 1. The van der Waals surface area contributed by atoms with E-state index in [1.54, 1.807) is 0 Å². The van der Waals surface area contributed by atoms with Gasteiger partial charge in [-0.3, -0.25) is 0 Å². The summed E-state index contributed by atoms with van der Waals surface area (Å²) in [6, 6.07) is 8.22. The van der Waals surface area contributed by atoms with Gasteiger partial charge in [0.25, 0.3) is 0 Å². The Morgan fingerprint density at radius 3 is 2.92 bits per heavy atom. The monoisotopic (exact) mass is 232 g/mol. The Kier molecular flexibility index (Phi) is 2.34. The van der Waals surface area contributed by atoms with Crippen LogP contribution in [0.3, 0.4) is 0 Å². The fraction of sp³-hybridized carbons (Fsp3) is 0.100. The molecule has 2 nitrogen and oxygen atoms in total. The average molecular weight is 232 g/mol. The van der Waals surface area contributed by atoms with Gasteiger partial charge in [-0.05, 0) is 0 Å². The normalized spacial score (nSPS) is 10.6. The van der Waals surface area contributed by atoms with Gasteiger partial charge in [0.2, 0.25) is 0 Å². The van der Waals surface area contributed by atoms with E-state index in [-0.39, 0.29) is 0 Å². The minimum absolute atomic E-state index is 0.589. The fourth-order valence-electron chi connectivity index (χ4n) is 1.34. The summed E-state index contributed by atoms with van der Waals surface area (Å²) in [6.45, 7) is 0.589. The summed E-state index contributed by atoms with van der Waals surface area (Å²) in [5.74, 6) is 0. The molecule has 0 amide bonds. The molecule has 64 valence electrons. The van der Waals surface area contributed by atoms with Crippen LogP contribution in [-0.2, 0) is 6.54 Å². The van der Waals surface area contributed by atoms with E-state index in [4.69, 9.17) is 5.73 Å². The van der Waals surface area contributed by atoms with E-state index in [0.29, 0.717) is 6.54 Å². The molecule has 0 aliphatic rings. The number of pyridine rings is 1. The molecule has 2 radical (unpaired) electrons. The molecule has 0 saturated heterocycles. The first-order chi connectivity index (χ1) is 6.31. The second-order valence-electron chi connectivity index (χ2n) is 2.89. The number of fused-ring (bicyclic) bond motifs is 1. The van der Waals surface area contributed by atoms with Crippen molar-refractivity contribution in [1.29, 1.82) is 0 Å². The first kappa shape index (κ1) is 8.73. The third-order valence-electron chi connectivity index (χ3n) is 2.04. The molecule has 13 heavy (non-hydrogen) atoms. The maximum absolute atomic E-state index is 5.56.